The molecule has 0 aliphatic carbocycles. The van der Waals surface area contributed by atoms with E-state index >= 15 is 0 Å². The van der Waals surface area contributed by atoms with Crippen LogP contribution < -0.4 is 5.32 Å². The van der Waals surface area contributed by atoms with Crippen molar-refractivity contribution in [3.63, 3.8) is 0 Å². The van der Waals surface area contributed by atoms with Gasteiger partial charge in [-0.25, -0.2) is 0 Å². The summed E-state index contributed by atoms with van der Waals surface area (Å²) in [5.41, 5.74) is 0. The normalized spacial score (nSPS) is 33.8. The first-order chi connectivity index (χ1) is 8.58. The second-order valence-corrected chi connectivity index (χ2v) is 6.13. The van der Waals surface area contributed by atoms with Gasteiger partial charge in [0.2, 0.25) is 5.91 Å². The lowest BCUT2D eigenvalue weighted by Gasteiger charge is -2.39. The lowest BCUT2D eigenvalue weighted by Crippen LogP contribution is -2.52. The quantitative estimate of drug-likeness (QED) is 0.795. The monoisotopic (exact) mass is 253 g/mol. The number of nitrogens with zero attached hydrogens (tertiary/aromatic N) is 2. The molecule has 2 aliphatic rings. The molecule has 3 atom stereocenters. The zero-order valence-electron chi connectivity index (χ0n) is 12.0. The Morgan fingerprint density at radius 3 is 2.67 bits per heavy atom. The fraction of sp³-hybridized carbons (Fsp3) is 0.929. The van der Waals surface area contributed by atoms with Gasteiger partial charge in [0.1, 0.15) is 0 Å². The molecule has 3 unspecified atom stereocenters. The molecule has 4 heteroatoms. The van der Waals surface area contributed by atoms with Gasteiger partial charge in [-0.3, -0.25) is 4.79 Å². The first-order valence-electron chi connectivity index (χ1n) is 7.26. The summed E-state index contributed by atoms with van der Waals surface area (Å²) >= 11 is 0. The van der Waals surface area contributed by atoms with Crippen LogP contribution in [-0.2, 0) is 4.79 Å². The first-order valence-corrected chi connectivity index (χ1v) is 7.26. The number of carbonyl (C=O) groups is 1. The molecule has 2 fully saturated rings. The van der Waals surface area contributed by atoms with E-state index in [4.69, 9.17) is 0 Å². The van der Waals surface area contributed by atoms with Crippen LogP contribution >= 0.6 is 0 Å². The van der Waals surface area contributed by atoms with Crippen molar-refractivity contribution in [3.8, 4) is 0 Å². The van der Waals surface area contributed by atoms with Crippen LogP contribution in [-0.4, -0.2) is 61.5 Å². The minimum Gasteiger partial charge on any atom is -0.341 e. The van der Waals surface area contributed by atoms with Gasteiger partial charge in [-0.05, 0) is 46.7 Å². The van der Waals surface area contributed by atoms with Crippen molar-refractivity contribution in [1.29, 1.82) is 0 Å². The smallest absolute Gasteiger partial charge is 0.227 e. The van der Waals surface area contributed by atoms with Gasteiger partial charge in [0.15, 0.2) is 0 Å². The highest BCUT2D eigenvalue weighted by Crippen LogP contribution is 2.20. The van der Waals surface area contributed by atoms with Crippen molar-refractivity contribution in [2.75, 3.05) is 33.7 Å². The number of piperidine rings is 2. The molecule has 0 aromatic rings. The number of amides is 1. The molecule has 0 saturated carbocycles. The maximum atomic E-state index is 12.5. The van der Waals surface area contributed by atoms with E-state index in [1.807, 2.05) is 0 Å². The lowest BCUT2D eigenvalue weighted by atomic mass is 9.93. The molecule has 0 radical (unpaired) electrons. The van der Waals surface area contributed by atoms with Crippen LogP contribution in [0.2, 0.25) is 0 Å². The summed E-state index contributed by atoms with van der Waals surface area (Å²) in [6.45, 7) is 4.93. The standard InChI is InChI=1S/C14H27N3O/c1-11-6-7-12(9-15-11)14(18)17-8-4-5-13(10-17)16(2)3/h11-13,15H,4-10H2,1-3H3. The Balaban J connectivity index is 1.88. The molecule has 2 heterocycles. The van der Waals surface area contributed by atoms with Gasteiger partial charge in [-0.15, -0.1) is 0 Å². The molecular formula is C14H27N3O. The van der Waals surface area contributed by atoms with Gasteiger partial charge in [0, 0.05) is 31.7 Å². The van der Waals surface area contributed by atoms with Gasteiger partial charge in [-0.2, -0.15) is 0 Å². The van der Waals surface area contributed by atoms with Gasteiger partial charge in [-0.1, -0.05) is 0 Å². The summed E-state index contributed by atoms with van der Waals surface area (Å²) in [6, 6.07) is 1.11. The maximum absolute atomic E-state index is 12.5. The van der Waals surface area contributed by atoms with E-state index in [9.17, 15) is 4.79 Å². The van der Waals surface area contributed by atoms with E-state index in [1.165, 1.54) is 6.42 Å². The Labute approximate surface area is 111 Å². The molecule has 104 valence electrons. The van der Waals surface area contributed by atoms with Crippen LogP contribution in [0.5, 0.6) is 0 Å². The molecule has 0 spiro atoms. The fourth-order valence-corrected chi connectivity index (χ4v) is 3.04. The molecule has 1 amide bonds. The Morgan fingerprint density at radius 1 is 1.28 bits per heavy atom. The number of likely N-dealkylation sites (N-methyl/N-ethyl adjacent to an activating group) is 1. The van der Waals surface area contributed by atoms with Crippen LogP contribution in [0.1, 0.15) is 32.6 Å². The van der Waals surface area contributed by atoms with Crippen LogP contribution in [0.4, 0.5) is 0 Å². The van der Waals surface area contributed by atoms with E-state index in [-0.39, 0.29) is 5.92 Å². The molecule has 0 bridgehead atoms. The number of likely N-dealkylation sites (tertiary alicyclic amines) is 1. The SMILES string of the molecule is CC1CCC(C(=O)N2CCCC(N(C)C)C2)CN1. The van der Waals surface area contributed by atoms with Crippen LogP contribution in [0.3, 0.4) is 0 Å². The van der Waals surface area contributed by atoms with Crippen molar-refractivity contribution in [1.82, 2.24) is 15.1 Å². The zero-order chi connectivity index (χ0) is 13.1. The van der Waals surface area contributed by atoms with Crippen molar-refractivity contribution in [2.24, 2.45) is 5.92 Å². The minimum atomic E-state index is 0.210. The molecule has 0 aromatic heterocycles. The maximum Gasteiger partial charge on any atom is 0.227 e. The topological polar surface area (TPSA) is 35.6 Å². The summed E-state index contributed by atoms with van der Waals surface area (Å²) in [6.07, 6.45) is 4.54. The van der Waals surface area contributed by atoms with E-state index in [0.717, 1.165) is 38.9 Å². The Kier molecular flexibility index (Phi) is 4.62. The van der Waals surface area contributed by atoms with Crippen molar-refractivity contribution >= 4 is 5.91 Å². The number of hydrogen-bond donors (Lipinski definition) is 1. The minimum absolute atomic E-state index is 0.210. The summed E-state index contributed by atoms with van der Waals surface area (Å²) in [5.74, 6) is 0.586. The van der Waals surface area contributed by atoms with Crippen LogP contribution in [0, 0.1) is 5.92 Å². The molecular weight excluding hydrogens is 226 g/mol. The van der Waals surface area contributed by atoms with Crippen molar-refractivity contribution in [3.05, 3.63) is 0 Å². The van der Waals surface area contributed by atoms with Crippen LogP contribution in [0.25, 0.3) is 0 Å². The molecule has 2 saturated heterocycles. The Bertz CT molecular complexity index is 285. The molecule has 0 aromatic carbocycles. The molecule has 2 aliphatic heterocycles. The molecule has 1 N–H and O–H groups in total. The fourth-order valence-electron chi connectivity index (χ4n) is 3.04. The largest absolute Gasteiger partial charge is 0.341 e. The summed E-state index contributed by atoms with van der Waals surface area (Å²) in [7, 11) is 4.23. The second kappa shape index (κ2) is 6.02. The van der Waals surface area contributed by atoms with Gasteiger partial charge >= 0.3 is 0 Å². The van der Waals surface area contributed by atoms with Crippen molar-refractivity contribution in [2.45, 2.75) is 44.7 Å². The summed E-state index contributed by atoms with van der Waals surface area (Å²) in [5, 5.41) is 3.43. The highest BCUT2D eigenvalue weighted by molar-refractivity contribution is 5.79. The molecule has 18 heavy (non-hydrogen) atoms. The average Bonchev–Trinajstić information content (AvgIpc) is 2.39. The number of rotatable bonds is 2. The van der Waals surface area contributed by atoms with Gasteiger partial charge in [0.25, 0.3) is 0 Å². The summed E-state index contributed by atoms with van der Waals surface area (Å²) < 4.78 is 0. The molecule has 4 nitrogen and oxygen atoms in total. The van der Waals surface area contributed by atoms with E-state index < -0.39 is 0 Å². The molecule has 2 rings (SSSR count). The second-order valence-electron chi connectivity index (χ2n) is 6.13. The van der Waals surface area contributed by atoms with Gasteiger partial charge in [0.05, 0.1) is 5.92 Å². The first kappa shape index (κ1) is 13.8. The Hall–Kier alpha value is -0.610. The predicted molar refractivity (Wildman–Crippen MR) is 73.5 cm³/mol. The van der Waals surface area contributed by atoms with Gasteiger partial charge < -0.3 is 15.1 Å². The number of hydrogen-bond acceptors (Lipinski definition) is 3. The zero-order valence-corrected chi connectivity index (χ0v) is 12.0. The average molecular weight is 253 g/mol. The third-order valence-electron chi connectivity index (χ3n) is 4.45. The number of carbonyl (C=O) groups excluding carboxylic acids is 1. The Morgan fingerprint density at radius 2 is 2.06 bits per heavy atom. The third-order valence-corrected chi connectivity index (χ3v) is 4.45. The van der Waals surface area contributed by atoms with Crippen molar-refractivity contribution < 1.29 is 4.79 Å². The highest BCUT2D eigenvalue weighted by atomic mass is 16.2. The summed E-state index contributed by atoms with van der Waals surface area (Å²) in [4.78, 5) is 16.8. The number of nitrogens with one attached hydrogen (secondary N) is 1. The predicted octanol–water partition coefficient (Wildman–Crippen LogP) is 0.927. The lowest BCUT2D eigenvalue weighted by molar-refractivity contribution is -0.138. The van der Waals surface area contributed by atoms with Crippen LogP contribution in [0.15, 0.2) is 0 Å². The third kappa shape index (κ3) is 3.23. The van der Waals surface area contributed by atoms with E-state index in [0.29, 0.717) is 18.0 Å². The van der Waals surface area contributed by atoms with E-state index in [2.05, 4.69) is 36.1 Å². The van der Waals surface area contributed by atoms with E-state index in [1.54, 1.807) is 0 Å². The highest BCUT2D eigenvalue weighted by Gasteiger charge is 2.31.